The summed E-state index contributed by atoms with van der Waals surface area (Å²) in [6, 6.07) is 7.56. The Morgan fingerprint density at radius 1 is 1.17 bits per heavy atom. The van der Waals surface area contributed by atoms with E-state index in [0.29, 0.717) is 42.4 Å². The number of hydrogen-bond acceptors (Lipinski definition) is 8. The number of urea groups is 1. The smallest absolute Gasteiger partial charge is 0.351 e. The first-order valence-electron chi connectivity index (χ1n) is 11.8. The van der Waals surface area contributed by atoms with Gasteiger partial charge in [0.05, 0.1) is 29.7 Å². The van der Waals surface area contributed by atoms with E-state index in [0.717, 1.165) is 23.3 Å². The molecular weight excluding hydrogens is 552 g/mol. The lowest BCUT2D eigenvalue weighted by Crippen LogP contribution is -2.45. The third kappa shape index (κ3) is 7.13. The SMILES string of the molecule is CCNC(=O)N1CCC(COc2cccc(-c3sc(C(=O)OC)c(OCC(=O)OCC)c3Br)c2)CC1. The van der Waals surface area contributed by atoms with Crippen molar-refractivity contribution >= 4 is 45.2 Å². The van der Waals surface area contributed by atoms with Gasteiger partial charge >= 0.3 is 18.0 Å². The number of esters is 2. The van der Waals surface area contributed by atoms with Gasteiger partial charge in [-0.25, -0.2) is 14.4 Å². The van der Waals surface area contributed by atoms with Gasteiger partial charge in [-0.15, -0.1) is 11.3 Å². The highest BCUT2D eigenvalue weighted by atomic mass is 79.9. The van der Waals surface area contributed by atoms with Crippen molar-refractivity contribution < 1.29 is 33.3 Å². The predicted octanol–water partition coefficient (Wildman–Crippen LogP) is 4.73. The number of likely N-dealkylation sites (tertiary alicyclic amines) is 1. The van der Waals surface area contributed by atoms with Crippen LogP contribution in [-0.4, -0.2) is 69.4 Å². The number of thiophene rings is 1. The van der Waals surface area contributed by atoms with Crippen LogP contribution in [0.2, 0.25) is 0 Å². The van der Waals surface area contributed by atoms with E-state index in [-0.39, 0.29) is 29.9 Å². The Bertz CT molecular complexity index is 1070. The van der Waals surface area contributed by atoms with E-state index in [1.165, 1.54) is 18.4 Å². The molecule has 0 saturated carbocycles. The lowest BCUT2D eigenvalue weighted by Gasteiger charge is -2.31. The zero-order chi connectivity index (χ0) is 26.1. The predicted molar refractivity (Wildman–Crippen MR) is 140 cm³/mol. The number of methoxy groups -OCH3 is 1. The molecule has 0 atom stereocenters. The minimum atomic E-state index is -0.558. The Morgan fingerprint density at radius 2 is 1.92 bits per heavy atom. The molecule has 1 aliphatic rings. The van der Waals surface area contributed by atoms with Gasteiger partial charge in [-0.05, 0) is 66.2 Å². The summed E-state index contributed by atoms with van der Waals surface area (Å²) in [5.41, 5.74) is 0.826. The van der Waals surface area contributed by atoms with Gasteiger partial charge in [0.15, 0.2) is 17.2 Å². The van der Waals surface area contributed by atoms with Crippen LogP contribution in [0.25, 0.3) is 10.4 Å². The first-order valence-corrected chi connectivity index (χ1v) is 13.4. The number of ether oxygens (including phenoxy) is 4. The molecule has 1 N–H and O–H groups in total. The van der Waals surface area contributed by atoms with Gasteiger partial charge in [0.2, 0.25) is 0 Å². The second-order valence-corrected chi connectivity index (χ2v) is 9.91. The zero-order valence-corrected chi connectivity index (χ0v) is 23.0. The van der Waals surface area contributed by atoms with Crippen LogP contribution < -0.4 is 14.8 Å². The Balaban J connectivity index is 1.69. The maximum absolute atomic E-state index is 12.4. The lowest BCUT2D eigenvalue weighted by molar-refractivity contribution is -0.145. The van der Waals surface area contributed by atoms with Crippen LogP contribution in [-0.2, 0) is 14.3 Å². The highest BCUT2D eigenvalue weighted by molar-refractivity contribution is 9.10. The van der Waals surface area contributed by atoms with Crippen LogP contribution in [0.15, 0.2) is 28.7 Å². The fourth-order valence-electron chi connectivity index (χ4n) is 3.78. The van der Waals surface area contributed by atoms with Gasteiger partial charge < -0.3 is 29.2 Å². The lowest BCUT2D eigenvalue weighted by atomic mass is 9.98. The second kappa shape index (κ2) is 13.5. The number of hydrogen-bond donors (Lipinski definition) is 1. The zero-order valence-electron chi connectivity index (χ0n) is 20.6. The van der Waals surface area contributed by atoms with Gasteiger partial charge in [-0.3, -0.25) is 0 Å². The van der Waals surface area contributed by atoms with Crippen LogP contribution in [0.5, 0.6) is 11.5 Å². The standard InChI is InChI=1S/C25H31BrN2O7S/c1-4-27-25(31)28-11-9-16(10-12-28)14-34-18-8-6-7-17(13-18)22-20(26)21(23(36-22)24(30)32-3)35-15-19(29)33-5-2/h6-8,13,16H,4-5,9-12,14-15H2,1-3H3,(H,27,31). The van der Waals surface area contributed by atoms with Crippen molar-refractivity contribution in [3.63, 3.8) is 0 Å². The maximum Gasteiger partial charge on any atom is 0.351 e. The Morgan fingerprint density at radius 3 is 2.58 bits per heavy atom. The van der Waals surface area contributed by atoms with Crippen LogP contribution in [0.3, 0.4) is 0 Å². The number of carbonyl (C=O) groups excluding carboxylic acids is 3. The summed E-state index contributed by atoms with van der Waals surface area (Å²) in [6.07, 6.45) is 1.77. The third-order valence-corrected chi connectivity index (χ3v) is 7.85. The topological polar surface area (TPSA) is 103 Å². The Kier molecular flexibility index (Phi) is 10.4. The molecular formula is C25H31BrN2O7S. The molecule has 1 aliphatic heterocycles. The second-order valence-electron chi connectivity index (χ2n) is 8.09. The highest BCUT2D eigenvalue weighted by Crippen LogP contribution is 2.46. The number of piperidine rings is 1. The van der Waals surface area contributed by atoms with Gasteiger partial charge in [0.25, 0.3) is 0 Å². The molecule has 2 aromatic rings. The van der Waals surface area contributed by atoms with Gasteiger partial charge in [-0.1, -0.05) is 12.1 Å². The quantitative estimate of drug-likeness (QED) is 0.404. The summed E-state index contributed by atoms with van der Waals surface area (Å²) in [6.45, 7) is 6.14. The molecule has 1 aromatic heterocycles. The maximum atomic E-state index is 12.4. The Labute approximate surface area is 223 Å². The number of amides is 2. The highest BCUT2D eigenvalue weighted by Gasteiger charge is 2.26. The number of nitrogens with one attached hydrogen (secondary N) is 1. The molecule has 11 heteroatoms. The number of rotatable bonds is 10. The van der Waals surface area contributed by atoms with Crippen molar-refractivity contribution in [3.05, 3.63) is 33.6 Å². The fraction of sp³-hybridized carbons (Fsp3) is 0.480. The van der Waals surface area contributed by atoms with Crippen molar-refractivity contribution in [1.82, 2.24) is 10.2 Å². The molecule has 1 fully saturated rings. The van der Waals surface area contributed by atoms with Crippen molar-refractivity contribution in [3.8, 4) is 21.9 Å². The number of nitrogens with zero attached hydrogens (tertiary/aromatic N) is 1. The molecule has 0 radical (unpaired) electrons. The van der Waals surface area contributed by atoms with Crippen molar-refractivity contribution in [2.75, 3.05) is 46.6 Å². The molecule has 0 unspecified atom stereocenters. The van der Waals surface area contributed by atoms with Gasteiger partial charge in [0.1, 0.15) is 5.75 Å². The van der Waals surface area contributed by atoms with Crippen LogP contribution in [0.4, 0.5) is 4.79 Å². The first-order chi connectivity index (χ1) is 17.4. The monoisotopic (exact) mass is 582 g/mol. The summed E-state index contributed by atoms with van der Waals surface area (Å²) < 4.78 is 22.1. The summed E-state index contributed by atoms with van der Waals surface area (Å²) >= 11 is 4.73. The summed E-state index contributed by atoms with van der Waals surface area (Å²) in [7, 11) is 1.29. The molecule has 0 aliphatic carbocycles. The average molecular weight is 584 g/mol. The average Bonchev–Trinajstić information content (AvgIpc) is 3.22. The van der Waals surface area contributed by atoms with Gasteiger partial charge in [0, 0.05) is 19.6 Å². The molecule has 196 valence electrons. The summed E-state index contributed by atoms with van der Waals surface area (Å²) in [5.74, 6) is 0.214. The molecule has 0 bridgehead atoms. The van der Waals surface area contributed by atoms with E-state index in [9.17, 15) is 14.4 Å². The van der Waals surface area contributed by atoms with Crippen LogP contribution in [0, 0.1) is 5.92 Å². The van der Waals surface area contributed by atoms with E-state index in [1.807, 2.05) is 36.1 Å². The Hall–Kier alpha value is -2.79. The van der Waals surface area contributed by atoms with Crippen LogP contribution in [0.1, 0.15) is 36.4 Å². The first kappa shape index (κ1) is 27.8. The van der Waals surface area contributed by atoms with E-state index in [2.05, 4.69) is 21.2 Å². The normalized spacial score (nSPS) is 13.7. The van der Waals surface area contributed by atoms with Crippen molar-refractivity contribution in [2.45, 2.75) is 26.7 Å². The summed E-state index contributed by atoms with van der Waals surface area (Å²) in [5, 5.41) is 2.84. The minimum Gasteiger partial charge on any atom is -0.493 e. The summed E-state index contributed by atoms with van der Waals surface area (Å²) in [4.78, 5) is 39.0. The number of halogens is 1. The molecule has 1 aromatic carbocycles. The molecule has 3 rings (SSSR count). The van der Waals surface area contributed by atoms with E-state index in [4.69, 9.17) is 18.9 Å². The van der Waals surface area contributed by atoms with Crippen molar-refractivity contribution in [1.29, 1.82) is 0 Å². The van der Waals surface area contributed by atoms with E-state index in [1.54, 1.807) is 6.92 Å². The molecule has 36 heavy (non-hydrogen) atoms. The number of carbonyl (C=O) groups is 3. The van der Waals surface area contributed by atoms with Crippen LogP contribution >= 0.6 is 27.3 Å². The minimum absolute atomic E-state index is 0.0111. The molecule has 9 nitrogen and oxygen atoms in total. The van der Waals surface area contributed by atoms with E-state index >= 15 is 0 Å². The number of benzene rings is 1. The van der Waals surface area contributed by atoms with Gasteiger partial charge in [-0.2, -0.15) is 0 Å². The fourth-order valence-corrected chi connectivity index (χ4v) is 5.75. The molecule has 1 saturated heterocycles. The van der Waals surface area contributed by atoms with E-state index < -0.39 is 11.9 Å². The van der Waals surface area contributed by atoms with Crippen molar-refractivity contribution in [2.24, 2.45) is 5.92 Å². The largest absolute Gasteiger partial charge is 0.493 e. The molecule has 0 spiro atoms. The molecule has 2 heterocycles. The third-order valence-electron chi connectivity index (χ3n) is 5.63. The molecule has 2 amide bonds.